The number of anilines is 1. The molecule has 0 aromatic heterocycles. The molecule has 5 heteroatoms. The van der Waals surface area contributed by atoms with Crippen molar-refractivity contribution in [3.8, 4) is 0 Å². The zero-order valence-electron chi connectivity index (χ0n) is 11.1. The zero-order valence-corrected chi connectivity index (χ0v) is 11.8. The summed E-state index contributed by atoms with van der Waals surface area (Å²) in [5.74, 6) is -0.0214. The molecule has 0 saturated heterocycles. The van der Waals surface area contributed by atoms with Gasteiger partial charge in [0.25, 0.3) is 0 Å². The smallest absolute Gasteiger partial charge is 0.239 e. The minimum Gasteiger partial charge on any atom is -0.365 e. The normalized spacial score (nSPS) is 10.2. The van der Waals surface area contributed by atoms with Gasteiger partial charge in [0.2, 0.25) is 5.91 Å². The molecule has 100 valence electrons. The van der Waals surface area contributed by atoms with Gasteiger partial charge in [0.05, 0.1) is 6.54 Å². The summed E-state index contributed by atoms with van der Waals surface area (Å²) in [6, 6.07) is 5.74. The summed E-state index contributed by atoms with van der Waals surface area (Å²) in [5.41, 5.74) is 2.00. The van der Waals surface area contributed by atoms with E-state index in [1.807, 2.05) is 37.1 Å². The summed E-state index contributed by atoms with van der Waals surface area (Å²) in [6.45, 7) is 3.94. The topological polar surface area (TPSA) is 44.4 Å². The molecule has 1 amide bonds. The highest BCUT2D eigenvalue weighted by Crippen LogP contribution is 2.26. The van der Waals surface area contributed by atoms with E-state index in [1.54, 1.807) is 7.05 Å². The lowest BCUT2D eigenvalue weighted by molar-refractivity contribution is -0.119. The van der Waals surface area contributed by atoms with Gasteiger partial charge in [-0.1, -0.05) is 24.6 Å². The van der Waals surface area contributed by atoms with Gasteiger partial charge in [0.1, 0.15) is 0 Å². The van der Waals surface area contributed by atoms with E-state index in [4.69, 9.17) is 11.6 Å². The van der Waals surface area contributed by atoms with Gasteiger partial charge in [-0.25, -0.2) is 0 Å². The van der Waals surface area contributed by atoms with Crippen molar-refractivity contribution < 1.29 is 4.79 Å². The van der Waals surface area contributed by atoms with Crippen molar-refractivity contribution in [1.29, 1.82) is 0 Å². The highest BCUT2D eigenvalue weighted by atomic mass is 35.5. The summed E-state index contributed by atoms with van der Waals surface area (Å²) >= 11 is 6.21. The number of halogens is 1. The molecule has 0 heterocycles. The van der Waals surface area contributed by atoms with Crippen LogP contribution in [0, 0.1) is 0 Å². The van der Waals surface area contributed by atoms with Crippen LogP contribution >= 0.6 is 11.6 Å². The Morgan fingerprint density at radius 1 is 1.44 bits per heavy atom. The predicted molar refractivity (Wildman–Crippen MR) is 76.2 cm³/mol. The Morgan fingerprint density at radius 2 is 2.17 bits per heavy atom. The lowest BCUT2D eigenvalue weighted by Gasteiger charge is -2.22. The predicted octanol–water partition coefficient (Wildman–Crippen LogP) is 1.63. The van der Waals surface area contributed by atoms with Crippen LogP contribution in [0.1, 0.15) is 12.5 Å². The first-order valence-electron chi connectivity index (χ1n) is 6.00. The Bertz CT molecular complexity index is 409. The average Bonchev–Trinajstić information content (AvgIpc) is 2.36. The first-order chi connectivity index (χ1) is 8.60. The van der Waals surface area contributed by atoms with E-state index in [0.717, 1.165) is 22.8 Å². The maximum absolute atomic E-state index is 11.4. The largest absolute Gasteiger partial charge is 0.365 e. The van der Waals surface area contributed by atoms with E-state index < -0.39 is 0 Å². The minimum atomic E-state index is -0.0214. The molecule has 2 N–H and O–H groups in total. The monoisotopic (exact) mass is 269 g/mol. The summed E-state index contributed by atoms with van der Waals surface area (Å²) in [7, 11) is 3.52. The summed E-state index contributed by atoms with van der Waals surface area (Å²) in [6.07, 6.45) is 0. The number of nitrogens with zero attached hydrogens (tertiary/aromatic N) is 1. The van der Waals surface area contributed by atoms with Gasteiger partial charge in [0, 0.05) is 36.9 Å². The van der Waals surface area contributed by atoms with Crippen molar-refractivity contribution >= 4 is 23.2 Å². The van der Waals surface area contributed by atoms with Gasteiger partial charge >= 0.3 is 0 Å². The highest BCUT2D eigenvalue weighted by molar-refractivity contribution is 6.31. The third-order valence-corrected chi connectivity index (χ3v) is 3.07. The molecule has 0 atom stereocenters. The van der Waals surface area contributed by atoms with Crippen molar-refractivity contribution in [2.75, 3.05) is 32.1 Å². The molecule has 0 bridgehead atoms. The molecule has 0 spiro atoms. The SMILES string of the molecule is CCNCc1c(Cl)cccc1N(C)CC(=O)NC. The second kappa shape index (κ2) is 7.24. The Kier molecular flexibility index (Phi) is 5.95. The van der Waals surface area contributed by atoms with E-state index in [2.05, 4.69) is 10.6 Å². The van der Waals surface area contributed by atoms with Crippen LogP contribution in [0.4, 0.5) is 5.69 Å². The molecule has 0 unspecified atom stereocenters. The van der Waals surface area contributed by atoms with Crippen LogP contribution in [0.25, 0.3) is 0 Å². The van der Waals surface area contributed by atoms with E-state index in [1.165, 1.54) is 0 Å². The van der Waals surface area contributed by atoms with Crippen LogP contribution in [0.15, 0.2) is 18.2 Å². The van der Waals surface area contributed by atoms with Crippen LogP contribution in [0.3, 0.4) is 0 Å². The molecule has 0 saturated carbocycles. The average molecular weight is 270 g/mol. The number of carbonyl (C=O) groups excluding carboxylic acids is 1. The summed E-state index contributed by atoms with van der Waals surface area (Å²) < 4.78 is 0. The molecule has 0 aliphatic heterocycles. The standard InChI is InChI=1S/C13H20ClN3O/c1-4-16-8-10-11(14)6-5-7-12(10)17(3)9-13(18)15-2/h5-7,16H,4,8-9H2,1-3H3,(H,15,18). The first kappa shape index (κ1) is 14.8. The Hall–Kier alpha value is -1.26. The molecular weight excluding hydrogens is 250 g/mol. The van der Waals surface area contributed by atoms with Crippen LogP contribution in [0.5, 0.6) is 0 Å². The van der Waals surface area contributed by atoms with E-state index >= 15 is 0 Å². The van der Waals surface area contributed by atoms with Gasteiger partial charge in [0.15, 0.2) is 0 Å². The van der Waals surface area contributed by atoms with Crippen molar-refractivity contribution in [2.45, 2.75) is 13.5 Å². The fourth-order valence-corrected chi connectivity index (χ4v) is 1.95. The van der Waals surface area contributed by atoms with Gasteiger partial charge in [-0.2, -0.15) is 0 Å². The number of amides is 1. The van der Waals surface area contributed by atoms with Gasteiger partial charge < -0.3 is 15.5 Å². The molecule has 0 fully saturated rings. The second-order valence-corrected chi connectivity index (χ2v) is 4.45. The fourth-order valence-electron chi connectivity index (χ4n) is 1.71. The number of likely N-dealkylation sites (N-methyl/N-ethyl adjacent to an activating group) is 2. The Balaban J connectivity index is 2.92. The maximum Gasteiger partial charge on any atom is 0.239 e. The zero-order chi connectivity index (χ0) is 13.5. The molecule has 0 aliphatic rings. The van der Waals surface area contributed by atoms with E-state index in [0.29, 0.717) is 13.1 Å². The molecule has 1 aromatic rings. The van der Waals surface area contributed by atoms with Crippen molar-refractivity contribution in [3.05, 3.63) is 28.8 Å². The number of carbonyl (C=O) groups is 1. The van der Waals surface area contributed by atoms with E-state index in [9.17, 15) is 4.79 Å². The van der Waals surface area contributed by atoms with Crippen molar-refractivity contribution in [2.24, 2.45) is 0 Å². The molecule has 1 aromatic carbocycles. The molecule has 1 rings (SSSR count). The summed E-state index contributed by atoms with van der Waals surface area (Å²) in [5, 5.41) is 6.59. The van der Waals surface area contributed by atoms with Crippen LogP contribution < -0.4 is 15.5 Å². The quantitative estimate of drug-likeness (QED) is 0.825. The Labute approximate surface area is 113 Å². The fraction of sp³-hybridized carbons (Fsp3) is 0.462. The molecule has 4 nitrogen and oxygen atoms in total. The Morgan fingerprint density at radius 3 is 2.78 bits per heavy atom. The third-order valence-electron chi connectivity index (χ3n) is 2.72. The van der Waals surface area contributed by atoms with Crippen LogP contribution in [-0.2, 0) is 11.3 Å². The third kappa shape index (κ3) is 3.89. The van der Waals surface area contributed by atoms with Gasteiger partial charge in [-0.3, -0.25) is 4.79 Å². The van der Waals surface area contributed by atoms with Crippen LogP contribution in [-0.4, -0.2) is 33.1 Å². The molecule has 0 aliphatic carbocycles. The van der Waals surface area contributed by atoms with Crippen molar-refractivity contribution in [1.82, 2.24) is 10.6 Å². The first-order valence-corrected chi connectivity index (χ1v) is 6.37. The second-order valence-electron chi connectivity index (χ2n) is 4.05. The molecule has 0 radical (unpaired) electrons. The lowest BCUT2D eigenvalue weighted by Crippen LogP contribution is -2.33. The number of hydrogen-bond donors (Lipinski definition) is 2. The number of nitrogens with one attached hydrogen (secondary N) is 2. The van der Waals surface area contributed by atoms with E-state index in [-0.39, 0.29) is 5.91 Å². The number of rotatable bonds is 6. The maximum atomic E-state index is 11.4. The van der Waals surface area contributed by atoms with Crippen LogP contribution in [0.2, 0.25) is 5.02 Å². The summed E-state index contributed by atoms with van der Waals surface area (Å²) in [4.78, 5) is 13.3. The number of benzene rings is 1. The molecular formula is C13H20ClN3O. The minimum absolute atomic E-state index is 0.0214. The van der Waals surface area contributed by atoms with Gasteiger partial charge in [-0.15, -0.1) is 0 Å². The molecule has 18 heavy (non-hydrogen) atoms. The lowest BCUT2D eigenvalue weighted by atomic mass is 10.1. The number of hydrogen-bond acceptors (Lipinski definition) is 3. The van der Waals surface area contributed by atoms with Gasteiger partial charge in [-0.05, 0) is 18.7 Å². The van der Waals surface area contributed by atoms with Crippen molar-refractivity contribution in [3.63, 3.8) is 0 Å². The highest BCUT2D eigenvalue weighted by Gasteiger charge is 2.12.